The fraction of sp³-hybridized carbons (Fsp3) is 0.0667. The lowest BCUT2D eigenvalue weighted by Crippen LogP contribution is -1.96. The molecule has 100 valence electrons. The largest absolute Gasteiger partial charge is 0.296 e. The zero-order chi connectivity index (χ0) is 14.1. The third kappa shape index (κ3) is 2.28. The van der Waals surface area contributed by atoms with Crippen LogP contribution in [0.1, 0.15) is 16.1 Å². The Kier molecular flexibility index (Phi) is 3.42. The molecular weight excluding hydrogens is 292 g/mol. The number of carbonyl (C=O) groups is 1. The predicted molar refractivity (Wildman–Crippen MR) is 82.0 cm³/mol. The number of benzene rings is 1. The van der Waals surface area contributed by atoms with Crippen molar-refractivity contribution in [1.82, 2.24) is 9.55 Å². The standard InChI is InChI=1S/C15H11ClN2OS/c1-10-7-11(4-5-13(10)16)14-9-20-15(17-14)18-6-2-3-12(18)8-19/h2-9H,1H3. The summed E-state index contributed by atoms with van der Waals surface area (Å²) in [5.41, 5.74) is 3.52. The highest BCUT2D eigenvalue weighted by molar-refractivity contribution is 7.12. The van der Waals surface area contributed by atoms with Gasteiger partial charge in [0, 0.05) is 22.2 Å². The van der Waals surface area contributed by atoms with Gasteiger partial charge < -0.3 is 0 Å². The molecule has 0 aliphatic heterocycles. The van der Waals surface area contributed by atoms with Gasteiger partial charge in [-0.3, -0.25) is 9.36 Å². The van der Waals surface area contributed by atoms with Crippen LogP contribution >= 0.6 is 22.9 Å². The summed E-state index contributed by atoms with van der Waals surface area (Å²) in [5.74, 6) is 0. The molecule has 0 amide bonds. The number of nitrogens with zero attached hydrogens (tertiary/aromatic N) is 2. The lowest BCUT2D eigenvalue weighted by atomic mass is 10.1. The SMILES string of the molecule is Cc1cc(-c2csc(-n3cccc3C=O)n2)ccc1Cl. The van der Waals surface area contributed by atoms with E-state index in [4.69, 9.17) is 11.6 Å². The molecule has 0 aliphatic carbocycles. The van der Waals surface area contributed by atoms with E-state index in [1.54, 1.807) is 10.6 Å². The van der Waals surface area contributed by atoms with Crippen LogP contribution in [0.25, 0.3) is 16.4 Å². The van der Waals surface area contributed by atoms with Gasteiger partial charge in [-0.15, -0.1) is 11.3 Å². The van der Waals surface area contributed by atoms with Crippen molar-refractivity contribution in [3.63, 3.8) is 0 Å². The molecule has 0 saturated heterocycles. The first-order chi connectivity index (χ1) is 9.69. The second-order valence-corrected chi connectivity index (χ2v) is 5.64. The molecule has 3 nitrogen and oxygen atoms in total. The molecule has 0 fully saturated rings. The minimum absolute atomic E-state index is 0.596. The summed E-state index contributed by atoms with van der Waals surface area (Å²) in [6, 6.07) is 9.43. The lowest BCUT2D eigenvalue weighted by Gasteiger charge is -2.01. The number of carbonyl (C=O) groups excluding carboxylic acids is 1. The van der Waals surface area contributed by atoms with E-state index < -0.39 is 0 Å². The normalized spacial score (nSPS) is 10.7. The molecule has 1 aromatic carbocycles. The molecule has 2 heterocycles. The highest BCUT2D eigenvalue weighted by Crippen LogP contribution is 2.27. The maximum atomic E-state index is 11.0. The first-order valence-corrected chi connectivity index (χ1v) is 7.30. The van der Waals surface area contributed by atoms with E-state index >= 15 is 0 Å². The quantitative estimate of drug-likeness (QED) is 0.673. The molecule has 0 aliphatic rings. The predicted octanol–water partition coefficient (Wildman–Crippen LogP) is 4.38. The van der Waals surface area contributed by atoms with Crippen LogP contribution in [-0.2, 0) is 0 Å². The van der Waals surface area contributed by atoms with Gasteiger partial charge in [-0.1, -0.05) is 17.7 Å². The Hall–Kier alpha value is -1.91. The van der Waals surface area contributed by atoms with Gasteiger partial charge >= 0.3 is 0 Å². The molecule has 0 atom stereocenters. The van der Waals surface area contributed by atoms with E-state index in [2.05, 4.69) is 4.98 Å². The Bertz CT molecular complexity index is 776. The molecule has 3 rings (SSSR count). The van der Waals surface area contributed by atoms with Crippen LogP contribution in [0.2, 0.25) is 5.02 Å². The second-order valence-electron chi connectivity index (χ2n) is 4.40. The molecule has 0 radical (unpaired) electrons. The molecule has 20 heavy (non-hydrogen) atoms. The summed E-state index contributed by atoms with van der Waals surface area (Å²) in [5, 5.41) is 3.50. The van der Waals surface area contributed by atoms with E-state index in [0.29, 0.717) is 5.69 Å². The molecule has 3 aromatic rings. The van der Waals surface area contributed by atoms with Crippen molar-refractivity contribution < 1.29 is 4.79 Å². The first-order valence-electron chi connectivity index (χ1n) is 6.04. The van der Waals surface area contributed by atoms with Crippen molar-refractivity contribution in [3.05, 3.63) is 58.2 Å². The number of hydrogen-bond donors (Lipinski definition) is 0. The van der Waals surface area contributed by atoms with Crippen molar-refractivity contribution in [3.8, 4) is 16.4 Å². The highest BCUT2D eigenvalue weighted by Gasteiger charge is 2.09. The van der Waals surface area contributed by atoms with Crippen LogP contribution in [0.3, 0.4) is 0 Å². The molecule has 0 bridgehead atoms. The van der Waals surface area contributed by atoms with E-state index in [1.165, 1.54) is 11.3 Å². The topological polar surface area (TPSA) is 34.9 Å². The number of halogens is 1. The van der Waals surface area contributed by atoms with Gasteiger partial charge in [0.1, 0.15) is 0 Å². The monoisotopic (exact) mass is 302 g/mol. The molecule has 0 N–H and O–H groups in total. The van der Waals surface area contributed by atoms with E-state index in [1.807, 2.05) is 42.8 Å². The lowest BCUT2D eigenvalue weighted by molar-refractivity contribution is 0.111. The zero-order valence-electron chi connectivity index (χ0n) is 10.7. The Labute approximate surface area is 125 Å². The average Bonchev–Trinajstić information content (AvgIpc) is 3.09. The van der Waals surface area contributed by atoms with Gasteiger partial charge in [0.05, 0.1) is 11.4 Å². The molecule has 5 heteroatoms. The van der Waals surface area contributed by atoms with Crippen LogP contribution in [0.15, 0.2) is 41.9 Å². The van der Waals surface area contributed by atoms with Gasteiger partial charge in [-0.2, -0.15) is 0 Å². The maximum absolute atomic E-state index is 11.0. The third-order valence-electron chi connectivity index (χ3n) is 3.05. The van der Waals surface area contributed by atoms with Crippen molar-refractivity contribution in [2.45, 2.75) is 6.92 Å². The first kappa shape index (κ1) is 13.1. The highest BCUT2D eigenvalue weighted by atomic mass is 35.5. The Morgan fingerprint density at radius 3 is 2.95 bits per heavy atom. The van der Waals surface area contributed by atoms with Crippen molar-refractivity contribution in [2.24, 2.45) is 0 Å². The van der Waals surface area contributed by atoms with Gasteiger partial charge in [-0.25, -0.2) is 4.98 Å². The zero-order valence-corrected chi connectivity index (χ0v) is 12.3. The number of aryl methyl sites for hydroxylation is 1. The minimum Gasteiger partial charge on any atom is -0.296 e. The van der Waals surface area contributed by atoms with Crippen molar-refractivity contribution >= 4 is 29.2 Å². The number of hydrogen-bond acceptors (Lipinski definition) is 3. The number of aromatic nitrogens is 2. The molecule has 0 unspecified atom stereocenters. The number of thiazole rings is 1. The van der Waals surface area contributed by atoms with E-state index in [-0.39, 0.29) is 0 Å². The summed E-state index contributed by atoms with van der Waals surface area (Å²) in [6.07, 6.45) is 2.66. The second kappa shape index (κ2) is 5.23. The van der Waals surface area contributed by atoms with Gasteiger partial charge in [-0.05, 0) is 36.8 Å². The van der Waals surface area contributed by atoms with Crippen LogP contribution in [0.4, 0.5) is 0 Å². The minimum atomic E-state index is 0.596. The van der Waals surface area contributed by atoms with E-state index in [0.717, 1.165) is 33.3 Å². The van der Waals surface area contributed by atoms with E-state index in [9.17, 15) is 4.79 Å². The van der Waals surface area contributed by atoms with Gasteiger partial charge in [0.15, 0.2) is 11.4 Å². The third-order valence-corrected chi connectivity index (χ3v) is 4.32. The summed E-state index contributed by atoms with van der Waals surface area (Å²) < 4.78 is 1.78. The summed E-state index contributed by atoms with van der Waals surface area (Å²) in [6.45, 7) is 1.97. The van der Waals surface area contributed by atoms with Crippen molar-refractivity contribution in [2.75, 3.05) is 0 Å². The summed E-state index contributed by atoms with van der Waals surface area (Å²) in [7, 11) is 0. The van der Waals surface area contributed by atoms with Gasteiger partial charge in [0.2, 0.25) is 0 Å². The Morgan fingerprint density at radius 2 is 2.20 bits per heavy atom. The average molecular weight is 303 g/mol. The van der Waals surface area contributed by atoms with Crippen molar-refractivity contribution in [1.29, 1.82) is 0 Å². The fourth-order valence-corrected chi connectivity index (χ4v) is 2.93. The molecule has 0 spiro atoms. The fourth-order valence-electron chi connectivity index (χ4n) is 1.98. The Morgan fingerprint density at radius 1 is 1.35 bits per heavy atom. The molecular formula is C15H11ClN2OS. The summed E-state index contributed by atoms with van der Waals surface area (Å²) >= 11 is 7.54. The maximum Gasteiger partial charge on any atom is 0.194 e. The smallest absolute Gasteiger partial charge is 0.194 e. The van der Waals surface area contributed by atoms with Crippen LogP contribution in [0, 0.1) is 6.92 Å². The van der Waals surface area contributed by atoms with Crippen LogP contribution in [0.5, 0.6) is 0 Å². The molecule has 2 aromatic heterocycles. The van der Waals surface area contributed by atoms with Crippen LogP contribution in [-0.4, -0.2) is 15.8 Å². The number of aldehydes is 1. The van der Waals surface area contributed by atoms with Gasteiger partial charge in [0.25, 0.3) is 0 Å². The molecule has 0 saturated carbocycles. The van der Waals surface area contributed by atoms with Crippen LogP contribution < -0.4 is 0 Å². The number of rotatable bonds is 3. The Balaban J connectivity index is 2.02. The summed E-state index contributed by atoms with van der Waals surface area (Å²) in [4.78, 5) is 15.5.